The first kappa shape index (κ1) is 18.1. The van der Waals surface area contributed by atoms with Crippen LogP contribution in [0, 0.1) is 0 Å². The molecular formula is C11H19NO8S. The van der Waals surface area contributed by atoms with Gasteiger partial charge in [0.25, 0.3) is 0 Å². The molecule has 6 N–H and O–H groups in total. The van der Waals surface area contributed by atoms with Crippen molar-refractivity contribution in [1.29, 1.82) is 0 Å². The number of aliphatic hydroxyl groups is 4. The van der Waals surface area contributed by atoms with Gasteiger partial charge in [0.05, 0.1) is 18.8 Å². The Morgan fingerprint density at radius 3 is 2.48 bits per heavy atom. The Kier molecular flexibility index (Phi) is 5.96. The highest BCUT2D eigenvalue weighted by atomic mass is 32.1. The van der Waals surface area contributed by atoms with Gasteiger partial charge in [0.15, 0.2) is 0 Å². The van der Waals surface area contributed by atoms with E-state index in [2.05, 4.69) is 17.9 Å². The highest BCUT2D eigenvalue weighted by Crippen LogP contribution is 2.34. The molecule has 0 radical (unpaired) electrons. The van der Waals surface area contributed by atoms with Crippen molar-refractivity contribution in [2.45, 2.75) is 48.7 Å². The fourth-order valence-corrected chi connectivity index (χ4v) is 2.44. The summed E-state index contributed by atoms with van der Waals surface area (Å²) in [6.07, 6.45) is -6.64. The van der Waals surface area contributed by atoms with Gasteiger partial charge in [-0.15, -0.1) is 12.6 Å². The first-order valence-corrected chi connectivity index (χ1v) is 6.63. The van der Waals surface area contributed by atoms with Crippen LogP contribution in [0.5, 0.6) is 0 Å². The Morgan fingerprint density at radius 1 is 1.48 bits per heavy atom. The summed E-state index contributed by atoms with van der Waals surface area (Å²) in [5, 5.41) is 49.7. The van der Waals surface area contributed by atoms with E-state index in [1.807, 2.05) is 0 Å². The number of hydrogen-bond donors (Lipinski definition) is 7. The number of carboxylic acids is 1. The Hall–Kier alpha value is -0.910. The first-order chi connectivity index (χ1) is 9.62. The van der Waals surface area contributed by atoms with Crippen molar-refractivity contribution in [1.82, 2.24) is 5.32 Å². The molecule has 0 aromatic carbocycles. The third-order valence-electron chi connectivity index (χ3n) is 3.21. The zero-order valence-corrected chi connectivity index (χ0v) is 12.1. The van der Waals surface area contributed by atoms with Crippen LogP contribution in [0.1, 0.15) is 13.3 Å². The molecule has 1 aliphatic rings. The maximum absolute atomic E-state index is 11.2. The first-order valence-electron chi connectivity index (χ1n) is 6.18. The predicted octanol–water partition coefficient (Wildman–Crippen LogP) is -2.93. The molecule has 1 amide bonds. The summed E-state index contributed by atoms with van der Waals surface area (Å²) in [5.41, 5.74) is 0. The molecule has 0 aromatic heterocycles. The van der Waals surface area contributed by atoms with Gasteiger partial charge in [0.1, 0.15) is 18.3 Å². The molecule has 10 heteroatoms. The molecule has 9 nitrogen and oxygen atoms in total. The molecule has 1 aliphatic heterocycles. The maximum atomic E-state index is 11.2. The zero-order chi connectivity index (χ0) is 16.4. The molecule has 1 fully saturated rings. The van der Waals surface area contributed by atoms with Crippen LogP contribution in [0.2, 0.25) is 0 Å². The van der Waals surface area contributed by atoms with Crippen molar-refractivity contribution in [3.05, 3.63) is 0 Å². The van der Waals surface area contributed by atoms with Gasteiger partial charge in [0.2, 0.25) is 10.8 Å². The SMILES string of the molecule is CC(=O)NC1C(O)CC(S)(C(=O)O)OC1C(O)C(O)CO. The minimum Gasteiger partial charge on any atom is -0.478 e. The van der Waals surface area contributed by atoms with E-state index in [0.717, 1.165) is 0 Å². The Balaban J connectivity index is 3.07. The van der Waals surface area contributed by atoms with E-state index in [-0.39, 0.29) is 0 Å². The number of carbonyl (C=O) groups is 2. The largest absolute Gasteiger partial charge is 0.478 e. The van der Waals surface area contributed by atoms with E-state index in [1.54, 1.807) is 0 Å². The highest BCUT2D eigenvalue weighted by Gasteiger charge is 2.52. The summed E-state index contributed by atoms with van der Waals surface area (Å²) >= 11 is 3.84. The monoisotopic (exact) mass is 325 g/mol. The number of thiol groups is 1. The Bertz CT molecular complexity index is 408. The van der Waals surface area contributed by atoms with Crippen LogP contribution in [0.25, 0.3) is 0 Å². The highest BCUT2D eigenvalue weighted by molar-refractivity contribution is 7.82. The third-order valence-corrected chi connectivity index (χ3v) is 3.69. The van der Waals surface area contributed by atoms with E-state index < -0.39 is 60.3 Å². The van der Waals surface area contributed by atoms with Crippen LogP contribution in [0.3, 0.4) is 0 Å². The summed E-state index contributed by atoms with van der Waals surface area (Å²) in [6.45, 7) is 0.356. The lowest BCUT2D eigenvalue weighted by Gasteiger charge is -2.45. The second-order valence-corrected chi connectivity index (χ2v) is 5.63. The average molecular weight is 325 g/mol. The van der Waals surface area contributed by atoms with Crippen LogP contribution < -0.4 is 5.32 Å². The number of amides is 1. The van der Waals surface area contributed by atoms with Crippen LogP contribution in [-0.4, -0.2) is 79.4 Å². The number of nitrogens with one attached hydrogen (secondary N) is 1. The summed E-state index contributed by atoms with van der Waals surface area (Å²) in [7, 11) is 0. The second kappa shape index (κ2) is 6.90. The van der Waals surface area contributed by atoms with Crippen molar-refractivity contribution >= 4 is 24.5 Å². The second-order valence-electron chi connectivity index (χ2n) is 4.91. The Morgan fingerprint density at radius 2 is 2.05 bits per heavy atom. The molecule has 122 valence electrons. The van der Waals surface area contributed by atoms with Crippen LogP contribution in [-0.2, 0) is 14.3 Å². The number of carbonyl (C=O) groups excluding carboxylic acids is 1. The van der Waals surface area contributed by atoms with Crippen LogP contribution >= 0.6 is 12.6 Å². The van der Waals surface area contributed by atoms with Gasteiger partial charge in [-0.1, -0.05) is 0 Å². The van der Waals surface area contributed by atoms with E-state index in [0.29, 0.717) is 0 Å². The number of rotatable bonds is 5. The number of hydrogen-bond acceptors (Lipinski definition) is 8. The van der Waals surface area contributed by atoms with Gasteiger partial charge in [-0.05, 0) is 0 Å². The summed E-state index contributed by atoms with van der Waals surface area (Å²) in [6, 6.07) is -1.15. The number of aliphatic carboxylic acids is 1. The standard InChI is InChI=1S/C11H19NO8S/c1-4(14)12-7-5(15)2-11(21,10(18)19)20-9(7)8(17)6(16)3-13/h5-9,13,15-17,21H,2-3H2,1H3,(H,12,14)(H,18,19). The number of carboxylic acid groups (broad SMARTS) is 1. The smallest absolute Gasteiger partial charge is 0.346 e. The number of aliphatic hydroxyl groups excluding tert-OH is 4. The van der Waals surface area contributed by atoms with Crippen molar-refractivity contribution in [3.63, 3.8) is 0 Å². The molecule has 0 aromatic rings. The van der Waals surface area contributed by atoms with Crippen molar-refractivity contribution in [2.24, 2.45) is 0 Å². The van der Waals surface area contributed by atoms with Gasteiger partial charge in [-0.2, -0.15) is 0 Å². The molecule has 1 rings (SSSR count). The lowest BCUT2D eigenvalue weighted by Crippen LogP contribution is -2.65. The van der Waals surface area contributed by atoms with Crippen molar-refractivity contribution < 1.29 is 39.9 Å². The molecule has 6 atom stereocenters. The van der Waals surface area contributed by atoms with E-state index in [4.69, 9.17) is 14.9 Å². The van der Waals surface area contributed by atoms with E-state index in [9.17, 15) is 24.9 Å². The fraction of sp³-hybridized carbons (Fsp3) is 0.818. The van der Waals surface area contributed by atoms with Crippen LogP contribution in [0.4, 0.5) is 0 Å². The third kappa shape index (κ3) is 4.05. The lowest BCUT2D eigenvalue weighted by atomic mass is 9.90. The minimum absolute atomic E-state index is 0.436. The quantitative estimate of drug-likeness (QED) is 0.265. The van der Waals surface area contributed by atoms with Crippen LogP contribution in [0.15, 0.2) is 0 Å². The Labute approximate surface area is 125 Å². The summed E-state index contributed by atoms with van der Waals surface area (Å²) < 4.78 is 5.17. The fourth-order valence-electron chi connectivity index (χ4n) is 2.14. The van der Waals surface area contributed by atoms with Crippen molar-refractivity contribution in [3.8, 4) is 0 Å². The molecular weight excluding hydrogens is 306 g/mol. The van der Waals surface area contributed by atoms with Gasteiger partial charge in [-0.3, -0.25) is 4.79 Å². The van der Waals surface area contributed by atoms with Gasteiger partial charge < -0.3 is 35.6 Å². The molecule has 21 heavy (non-hydrogen) atoms. The molecule has 1 saturated heterocycles. The average Bonchev–Trinajstić information content (AvgIpc) is 2.39. The topological polar surface area (TPSA) is 157 Å². The van der Waals surface area contributed by atoms with E-state index >= 15 is 0 Å². The van der Waals surface area contributed by atoms with Crippen molar-refractivity contribution in [2.75, 3.05) is 6.61 Å². The predicted molar refractivity (Wildman–Crippen MR) is 71.6 cm³/mol. The molecule has 1 heterocycles. The minimum atomic E-state index is -2.09. The summed E-state index contributed by atoms with van der Waals surface area (Å²) in [4.78, 5) is 20.2. The van der Waals surface area contributed by atoms with E-state index in [1.165, 1.54) is 6.92 Å². The maximum Gasteiger partial charge on any atom is 0.346 e. The molecule has 0 saturated carbocycles. The molecule has 6 unspecified atom stereocenters. The summed E-state index contributed by atoms with van der Waals surface area (Å²) in [5.74, 6) is -2.03. The van der Waals surface area contributed by atoms with Gasteiger partial charge >= 0.3 is 5.97 Å². The van der Waals surface area contributed by atoms with Gasteiger partial charge in [-0.25, -0.2) is 4.79 Å². The molecule has 0 spiro atoms. The molecule has 0 bridgehead atoms. The zero-order valence-electron chi connectivity index (χ0n) is 11.2. The lowest BCUT2D eigenvalue weighted by molar-refractivity contribution is -0.204. The normalized spacial score (nSPS) is 35.8. The molecule has 0 aliphatic carbocycles. The number of ether oxygens (including phenoxy) is 1. The van der Waals surface area contributed by atoms with Gasteiger partial charge in [0, 0.05) is 13.3 Å².